The Labute approximate surface area is 125 Å². The summed E-state index contributed by atoms with van der Waals surface area (Å²) in [5, 5.41) is 9.03. The van der Waals surface area contributed by atoms with Gasteiger partial charge in [-0.1, -0.05) is 17.9 Å². The number of hydrogen-bond donors (Lipinski definition) is 1. The summed E-state index contributed by atoms with van der Waals surface area (Å²) in [7, 11) is 0. The van der Waals surface area contributed by atoms with Crippen LogP contribution in [0.1, 0.15) is 54.4 Å². The van der Waals surface area contributed by atoms with Gasteiger partial charge in [-0.3, -0.25) is 0 Å². The third-order valence-corrected chi connectivity index (χ3v) is 5.54. The van der Waals surface area contributed by atoms with Crippen LogP contribution in [-0.4, -0.2) is 11.1 Å². The van der Waals surface area contributed by atoms with Crippen LogP contribution in [0.15, 0.2) is 18.2 Å². The van der Waals surface area contributed by atoms with Crippen LogP contribution in [0.3, 0.4) is 0 Å². The zero-order valence-electron chi connectivity index (χ0n) is 12.1. The molecule has 0 unspecified atom stereocenters. The van der Waals surface area contributed by atoms with Crippen molar-refractivity contribution >= 4 is 5.97 Å². The Morgan fingerprint density at radius 1 is 1.19 bits per heavy atom. The maximum atomic E-state index is 11.0. The molecule has 5 rings (SSSR count). The lowest BCUT2D eigenvalue weighted by atomic mass is 9.50. The summed E-state index contributed by atoms with van der Waals surface area (Å²) in [4.78, 5) is 11.0. The molecule has 4 fully saturated rings. The van der Waals surface area contributed by atoms with Crippen LogP contribution in [0.4, 0.5) is 0 Å². The molecule has 0 amide bonds. The van der Waals surface area contributed by atoms with Crippen molar-refractivity contribution in [3.63, 3.8) is 0 Å². The zero-order chi connectivity index (χ0) is 14.4. The molecule has 0 atom stereocenters. The van der Waals surface area contributed by atoms with E-state index < -0.39 is 5.97 Å². The fraction of sp³-hybridized carbons (Fsp3) is 0.526. The van der Waals surface area contributed by atoms with Crippen molar-refractivity contribution in [2.75, 3.05) is 0 Å². The summed E-state index contributed by atoms with van der Waals surface area (Å²) >= 11 is 0. The molecule has 0 heterocycles. The predicted octanol–water partition coefficient (Wildman–Crippen LogP) is 3.75. The smallest absolute Gasteiger partial charge is 0.336 e. The molecular formula is C19H19O2. The van der Waals surface area contributed by atoms with Crippen LogP contribution in [0.5, 0.6) is 0 Å². The zero-order valence-corrected chi connectivity index (χ0v) is 12.1. The molecular weight excluding hydrogens is 260 g/mol. The molecule has 0 saturated heterocycles. The lowest BCUT2D eigenvalue weighted by molar-refractivity contribution is -0.0181. The second-order valence-electron chi connectivity index (χ2n) is 7.24. The van der Waals surface area contributed by atoms with Crippen LogP contribution < -0.4 is 0 Å². The van der Waals surface area contributed by atoms with Crippen molar-refractivity contribution in [1.29, 1.82) is 0 Å². The first kappa shape index (κ1) is 13.0. The molecule has 1 aromatic rings. The maximum Gasteiger partial charge on any atom is 0.336 e. The second kappa shape index (κ2) is 4.63. The van der Waals surface area contributed by atoms with Gasteiger partial charge in [0, 0.05) is 11.0 Å². The van der Waals surface area contributed by atoms with Crippen LogP contribution in [0.2, 0.25) is 0 Å². The highest BCUT2D eigenvalue weighted by molar-refractivity contribution is 5.87. The number of hydrogen-bond acceptors (Lipinski definition) is 1. The summed E-state index contributed by atoms with van der Waals surface area (Å²) in [6, 6.07) is 7.89. The maximum absolute atomic E-state index is 11.0. The Hall–Kier alpha value is -1.75. The lowest BCUT2D eigenvalue weighted by Crippen LogP contribution is -2.45. The number of benzene rings is 1. The van der Waals surface area contributed by atoms with E-state index in [2.05, 4.69) is 17.9 Å². The average Bonchev–Trinajstić information content (AvgIpc) is 2.44. The summed E-state index contributed by atoms with van der Waals surface area (Å²) in [5.74, 6) is 8.56. The Morgan fingerprint density at radius 2 is 1.81 bits per heavy atom. The number of rotatable bonds is 1. The third-order valence-electron chi connectivity index (χ3n) is 5.54. The SMILES string of the molecule is O=C(O)c1[c]ccc(C#CC23CC4CC(CC(C4)C2)C3)c1. The average molecular weight is 279 g/mol. The normalized spacial score (nSPS) is 36.1. The van der Waals surface area contributed by atoms with Crippen molar-refractivity contribution in [3.05, 3.63) is 35.4 Å². The van der Waals surface area contributed by atoms with Crippen LogP contribution in [0, 0.1) is 41.1 Å². The molecule has 4 aliphatic rings. The Morgan fingerprint density at radius 3 is 2.38 bits per heavy atom. The first-order valence-electron chi connectivity index (χ1n) is 7.90. The topological polar surface area (TPSA) is 37.3 Å². The first-order valence-corrected chi connectivity index (χ1v) is 7.90. The second-order valence-corrected chi connectivity index (χ2v) is 7.24. The fourth-order valence-electron chi connectivity index (χ4n) is 5.14. The van der Waals surface area contributed by atoms with Crippen molar-refractivity contribution in [2.45, 2.75) is 38.5 Å². The van der Waals surface area contributed by atoms with E-state index in [9.17, 15) is 4.79 Å². The molecule has 0 aromatic heterocycles. The molecule has 4 aliphatic carbocycles. The predicted molar refractivity (Wildman–Crippen MR) is 79.7 cm³/mol. The van der Waals surface area contributed by atoms with E-state index in [4.69, 9.17) is 5.11 Å². The molecule has 1 N–H and O–H groups in total. The highest BCUT2D eigenvalue weighted by Crippen LogP contribution is 2.59. The number of carboxylic acid groups (broad SMARTS) is 1. The highest BCUT2D eigenvalue weighted by atomic mass is 16.4. The Kier molecular flexibility index (Phi) is 2.85. The molecule has 2 heteroatoms. The Balaban J connectivity index is 1.62. The van der Waals surface area contributed by atoms with Gasteiger partial charge in [0.15, 0.2) is 0 Å². The first-order chi connectivity index (χ1) is 10.1. The van der Waals surface area contributed by atoms with Crippen molar-refractivity contribution in [3.8, 4) is 11.8 Å². The molecule has 1 aromatic carbocycles. The van der Waals surface area contributed by atoms with E-state index in [1.165, 1.54) is 38.5 Å². The van der Waals surface area contributed by atoms with Crippen LogP contribution >= 0.6 is 0 Å². The molecule has 1 radical (unpaired) electrons. The van der Waals surface area contributed by atoms with E-state index in [-0.39, 0.29) is 11.0 Å². The number of carboxylic acids is 1. The van der Waals surface area contributed by atoms with E-state index in [1.54, 1.807) is 12.1 Å². The monoisotopic (exact) mass is 279 g/mol. The minimum atomic E-state index is -0.937. The lowest BCUT2D eigenvalue weighted by Gasteiger charge is -2.54. The molecule has 21 heavy (non-hydrogen) atoms. The van der Waals surface area contributed by atoms with Crippen molar-refractivity contribution < 1.29 is 9.90 Å². The minimum Gasteiger partial charge on any atom is -0.478 e. The van der Waals surface area contributed by atoms with Crippen molar-refractivity contribution in [1.82, 2.24) is 0 Å². The van der Waals surface area contributed by atoms with Gasteiger partial charge in [-0.2, -0.15) is 0 Å². The van der Waals surface area contributed by atoms with Gasteiger partial charge in [0.25, 0.3) is 0 Å². The number of aromatic carboxylic acids is 1. The van der Waals surface area contributed by atoms with Crippen LogP contribution in [0.25, 0.3) is 0 Å². The van der Waals surface area contributed by atoms with E-state index in [0.29, 0.717) is 0 Å². The Bertz CT molecular complexity index is 612. The van der Waals surface area contributed by atoms with Gasteiger partial charge < -0.3 is 5.11 Å². The summed E-state index contributed by atoms with van der Waals surface area (Å²) in [6.07, 6.45) is 8.05. The van der Waals surface area contributed by atoms with Gasteiger partial charge in [0.2, 0.25) is 0 Å². The van der Waals surface area contributed by atoms with Gasteiger partial charge >= 0.3 is 5.97 Å². The summed E-state index contributed by atoms with van der Waals surface area (Å²) < 4.78 is 0. The standard InChI is InChI=1S/C19H19O2/c20-18(21)17-3-1-2-13(9-17)4-5-19-10-14-6-15(11-19)8-16(7-14)12-19/h1-2,9,14-16H,6-8,10-12H2,(H,20,21). The number of carbonyl (C=O) groups is 1. The molecule has 4 saturated carbocycles. The van der Waals surface area contributed by atoms with Crippen LogP contribution in [-0.2, 0) is 0 Å². The highest BCUT2D eigenvalue weighted by Gasteiger charge is 2.50. The molecule has 4 bridgehead atoms. The molecule has 107 valence electrons. The van der Waals surface area contributed by atoms with E-state index >= 15 is 0 Å². The van der Waals surface area contributed by atoms with E-state index in [1.807, 2.05) is 6.07 Å². The molecule has 2 nitrogen and oxygen atoms in total. The van der Waals surface area contributed by atoms with E-state index in [0.717, 1.165) is 23.3 Å². The largest absolute Gasteiger partial charge is 0.478 e. The van der Waals surface area contributed by atoms with Gasteiger partial charge in [0.1, 0.15) is 0 Å². The third kappa shape index (κ3) is 2.35. The van der Waals surface area contributed by atoms with Gasteiger partial charge in [0.05, 0.1) is 5.56 Å². The molecule has 0 aliphatic heterocycles. The van der Waals surface area contributed by atoms with Crippen molar-refractivity contribution in [2.24, 2.45) is 23.2 Å². The quantitative estimate of drug-likeness (QED) is 0.795. The summed E-state index contributed by atoms with van der Waals surface area (Å²) in [6.45, 7) is 0. The molecule has 0 spiro atoms. The van der Waals surface area contributed by atoms with Gasteiger partial charge in [-0.25, -0.2) is 4.79 Å². The minimum absolute atomic E-state index is 0.201. The van der Waals surface area contributed by atoms with Gasteiger partial charge in [-0.15, -0.1) is 0 Å². The van der Waals surface area contributed by atoms with Gasteiger partial charge in [-0.05, 0) is 74.5 Å². The summed E-state index contributed by atoms with van der Waals surface area (Å²) in [5.41, 5.74) is 1.23. The fourth-order valence-corrected chi connectivity index (χ4v) is 5.14.